The molecule has 3 rings (SSSR count). The topological polar surface area (TPSA) is 58.6 Å². The van der Waals surface area contributed by atoms with Gasteiger partial charge in [-0.15, -0.1) is 11.3 Å². The molecule has 21 heavy (non-hydrogen) atoms. The van der Waals surface area contributed by atoms with Crippen LogP contribution in [-0.2, 0) is 0 Å². The number of thiophene rings is 1. The molecule has 7 heteroatoms. The fraction of sp³-hybridized carbons (Fsp3) is 0.357. The van der Waals surface area contributed by atoms with Crippen molar-refractivity contribution in [1.29, 1.82) is 0 Å². The highest BCUT2D eigenvalue weighted by molar-refractivity contribution is 7.12. The Labute approximate surface area is 127 Å². The van der Waals surface area contributed by atoms with Crippen LogP contribution < -0.4 is 9.64 Å². The van der Waals surface area contributed by atoms with E-state index in [4.69, 9.17) is 4.74 Å². The highest BCUT2D eigenvalue weighted by atomic mass is 32.1. The lowest BCUT2D eigenvalue weighted by Gasteiger charge is -2.34. The summed E-state index contributed by atoms with van der Waals surface area (Å²) in [5.41, 5.74) is 0. The molecule has 0 bridgehead atoms. The molecule has 1 aliphatic heterocycles. The number of nitrogens with zero attached hydrogens (tertiary/aromatic N) is 4. The largest absolute Gasteiger partial charge is 0.481 e. The van der Waals surface area contributed by atoms with Crippen molar-refractivity contribution in [1.82, 2.24) is 14.9 Å². The number of anilines is 1. The van der Waals surface area contributed by atoms with Crippen molar-refractivity contribution in [2.75, 3.05) is 38.2 Å². The average Bonchev–Trinajstić information content (AvgIpc) is 3.09. The lowest BCUT2D eigenvalue weighted by atomic mass is 10.3. The maximum Gasteiger partial charge on any atom is 0.264 e. The fourth-order valence-electron chi connectivity index (χ4n) is 2.26. The molecule has 1 amide bonds. The number of amides is 1. The number of carbonyl (C=O) groups is 1. The molecule has 0 radical (unpaired) electrons. The minimum absolute atomic E-state index is 0.108. The summed E-state index contributed by atoms with van der Waals surface area (Å²) in [6.45, 7) is 2.81. The maximum absolute atomic E-state index is 12.3. The molecular weight excluding hydrogens is 288 g/mol. The predicted octanol–water partition coefficient (Wildman–Crippen LogP) is 1.51. The molecule has 0 aliphatic carbocycles. The Kier molecular flexibility index (Phi) is 4.01. The van der Waals surface area contributed by atoms with Crippen LogP contribution in [-0.4, -0.2) is 54.1 Å². The first-order valence-corrected chi connectivity index (χ1v) is 7.60. The van der Waals surface area contributed by atoms with E-state index in [1.807, 2.05) is 22.4 Å². The summed E-state index contributed by atoms with van der Waals surface area (Å²) in [4.78, 5) is 25.6. The van der Waals surface area contributed by atoms with Crippen LogP contribution >= 0.6 is 11.3 Å². The highest BCUT2D eigenvalue weighted by Crippen LogP contribution is 2.17. The van der Waals surface area contributed by atoms with Gasteiger partial charge in [0.2, 0.25) is 11.8 Å². The molecule has 2 aromatic heterocycles. The fourth-order valence-corrected chi connectivity index (χ4v) is 2.95. The zero-order chi connectivity index (χ0) is 14.7. The first-order chi connectivity index (χ1) is 10.3. The van der Waals surface area contributed by atoms with E-state index in [0.29, 0.717) is 24.9 Å². The van der Waals surface area contributed by atoms with Crippen molar-refractivity contribution in [2.24, 2.45) is 0 Å². The van der Waals surface area contributed by atoms with Gasteiger partial charge in [-0.25, -0.2) is 4.98 Å². The third kappa shape index (κ3) is 2.97. The van der Waals surface area contributed by atoms with Crippen molar-refractivity contribution in [3.8, 4) is 5.88 Å². The van der Waals surface area contributed by atoms with E-state index in [2.05, 4.69) is 14.9 Å². The van der Waals surface area contributed by atoms with E-state index in [-0.39, 0.29) is 5.91 Å². The van der Waals surface area contributed by atoms with E-state index in [1.165, 1.54) is 11.3 Å². The Morgan fingerprint density at radius 2 is 2.10 bits per heavy atom. The summed E-state index contributed by atoms with van der Waals surface area (Å²) < 4.78 is 5.11. The summed E-state index contributed by atoms with van der Waals surface area (Å²) in [6.07, 6.45) is 1.68. The van der Waals surface area contributed by atoms with Crippen LogP contribution in [0.15, 0.2) is 29.8 Å². The normalized spacial score (nSPS) is 15.1. The number of hydrogen-bond donors (Lipinski definition) is 0. The number of rotatable bonds is 3. The first-order valence-electron chi connectivity index (χ1n) is 6.72. The van der Waals surface area contributed by atoms with Crippen LogP contribution in [0, 0.1) is 0 Å². The Bertz CT molecular complexity index is 609. The Balaban J connectivity index is 1.63. The molecule has 110 valence electrons. The standard InChI is InChI=1S/C14H16N4O2S/c1-20-12-4-5-15-14(16-12)18-8-6-17(7-9-18)13(19)11-3-2-10-21-11/h2-5,10H,6-9H2,1H3. The molecule has 1 aliphatic rings. The second-order valence-electron chi connectivity index (χ2n) is 4.66. The molecular formula is C14H16N4O2S. The third-order valence-corrected chi connectivity index (χ3v) is 4.27. The van der Waals surface area contributed by atoms with Gasteiger partial charge < -0.3 is 14.5 Å². The number of piperazine rings is 1. The van der Waals surface area contributed by atoms with Gasteiger partial charge in [0.15, 0.2) is 0 Å². The van der Waals surface area contributed by atoms with Gasteiger partial charge in [-0.3, -0.25) is 4.79 Å². The maximum atomic E-state index is 12.3. The molecule has 3 heterocycles. The summed E-state index contributed by atoms with van der Waals surface area (Å²) >= 11 is 1.48. The zero-order valence-corrected chi connectivity index (χ0v) is 12.5. The van der Waals surface area contributed by atoms with Gasteiger partial charge in [-0.05, 0) is 11.4 Å². The van der Waals surface area contributed by atoms with Crippen molar-refractivity contribution in [3.05, 3.63) is 34.7 Å². The molecule has 0 atom stereocenters. The first kappa shape index (κ1) is 13.8. The van der Waals surface area contributed by atoms with Gasteiger partial charge >= 0.3 is 0 Å². The van der Waals surface area contributed by atoms with Crippen molar-refractivity contribution in [3.63, 3.8) is 0 Å². The van der Waals surface area contributed by atoms with Crippen LogP contribution in [0.5, 0.6) is 5.88 Å². The second kappa shape index (κ2) is 6.09. The van der Waals surface area contributed by atoms with Crippen LogP contribution in [0.25, 0.3) is 0 Å². The van der Waals surface area contributed by atoms with Gasteiger partial charge in [0.25, 0.3) is 5.91 Å². The highest BCUT2D eigenvalue weighted by Gasteiger charge is 2.24. The van der Waals surface area contributed by atoms with Gasteiger partial charge in [-0.2, -0.15) is 4.98 Å². The van der Waals surface area contributed by atoms with Gasteiger partial charge in [0, 0.05) is 38.4 Å². The lowest BCUT2D eigenvalue weighted by molar-refractivity contribution is 0.0751. The summed E-state index contributed by atoms with van der Waals surface area (Å²) in [5, 5.41) is 1.92. The van der Waals surface area contributed by atoms with Crippen LogP contribution in [0.1, 0.15) is 9.67 Å². The van der Waals surface area contributed by atoms with Gasteiger partial charge in [0.1, 0.15) is 0 Å². The van der Waals surface area contributed by atoms with Crippen molar-refractivity contribution in [2.45, 2.75) is 0 Å². The number of methoxy groups -OCH3 is 1. The van der Waals surface area contributed by atoms with Gasteiger partial charge in [0.05, 0.1) is 12.0 Å². The van der Waals surface area contributed by atoms with Crippen molar-refractivity contribution < 1.29 is 9.53 Å². The number of carbonyl (C=O) groups excluding carboxylic acids is 1. The molecule has 6 nitrogen and oxygen atoms in total. The summed E-state index contributed by atoms with van der Waals surface area (Å²) in [5.74, 6) is 1.31. The second-order valence-corrected chi connectivity index (χ2v) is 5.60. The lowest BCUT2D eigenvalue weighted by Crippen LogP contribution is -2.49. The third-order valence-electron chi connectivity index (χ3n) is 3.41. The Morgan fingerprint density at radius 1 is 1.29 bits per heavy atom. The minimum atomic E-state index is 0.108. The molecule has 1 saturated heterocycles. The number of ether oxygens (including phenoxy) is 1. The molecule has 0 unspecified atom stereocenters. The van der Waals surface area contributed by atoms with Crippen molar-refractivity contribution >= 4 is 23.2 Å². The van der Waals surface area contributed by atoms with E-state index >= 15 is 0 Å². The monoisotopic (exact) mass is 304 g/mol. The average molecular weight is 304 g/mol. The Morgan fingerprint density at radius 3 is 2.76 bits per heavy atom. The van der Waals surface area contributed by atoms with Gasteiger partial charge in [-0.1, -0.05) is 6.07 Å². The predicted molar refractivity (Wildman–Crippen MR) is 81.0 cm³/mol. The van der Waals surface area contributed by atoms with E-state index < -0.39 is 0 Å². The summed E-state index contributed by atoms with van der Waals surface area (Å²) in [6, 6.07) is 5.49. The van der Waals surface area contributed by atoms with Crippen LogP contribution in [0.4, 0.5) is 5.95 Å². The molecule has 2 aromatic rings. The molecule has 1 fully saturated rings. The summed E-state index contributed by atoms with van der Waals surface area (Å²) in [7, 11) is 1.59. The molecule has 0 spiro atoms. The quantitative estimate of drug-likeness (QED) is 0.860. The number of aromatic nitrogens is 2. The van der Waals surface area contributed by atoms with Crippen LogP contribution in [0.3, 0.4) is 0 Å². The molecule has 0 N–H and O–H groups in total. The van der Waals surface area contributed by atoms with E-state index in [1.54, 1.807) is 19.4 Å². The SMILES string of the molecule is COc1ccnc(N2CCN(C(=O)c3cccs3)CC2)n1. The zero-order valence-electron chi connectivity index (χ0n) is 11.7. The minimum Gasteiger partial charge on any atom is -0.481 e. The van der Waals surface area contributed by atoms with Crippen LogP contribution in [0.2, 0.25) is 0 Å². The van der Waals surface area contributed by atoms with E-state index in [0.717, 1.165) is 18.0 Å². The number of hydrogen-bond acceptors (Lipinski definition) is 6. The van der Waals surface area contributed by atoms with E-state index in [9.17, 15) is 4.79 Å². The molecule has 0 aromatic carbocycles. The molecule has 0 saturated carbocycles. The Hall–Kier alpha value is -2.15. The smallest absolute Gasteiger partial charge is 0.264 e.